The van der Waals surface area contributed by atoms with E-state index in [0.29, 0.717) is 56.0 Å². The molecule has 132 valence electrons. The van der Waals surface area contributed by atoms with E-state index < -0.39 is 0 Å². The van der Waals surface area contributed by atoms with Gasteiger partial charge in [0.1, 0.15) is 5.75 Å². The van der Waals surface area contributed by atoms with Crippen molar-refractivity contribution in [2.45, 2.75) is 13.3 Å². The first-order chi connectivity index (χ1) is 12.2. The maximum Gasteiger partial charge on any atom is 0.230 e. The third kappa shape index (κ3) is 4.42. The average molecular weight is 343 g/mol. The van der Waals surface area contributed by atoms with Crippen LogP contribution in [0.15, 0.2) is 24.3 Å². The summed E-state index contributed by atoms with van der Waals surface area (Å²) in [6.07, 6.45) is 0.452. The maximum atomic E-state index is 11.6. The number of hydrogen-bond donors (Lipinski definition) is 2. The number of rotatable bonds is 6. The topological polar surface area (TPSA) is 100 Å². The van der Waals surface area contributed by atoms with Crippen LogP contribution in [0.5, 0.6) is 5.75 Å². The largest absolute Gasteiger partial charge is 0.508 e. The normalized spacial score (nSPS) is 14.4. The number of nitrogens with one attached hydrogen (secondary N) is 1. The van der Waals surface area contributed by atoms with Crippen LogP contribution in [0.4, 0.5) is 11.9 Å². The Morgan fingerprint density at radius 1 is 1.28 bits per heavy atom. The standard InChI is InChI=1S/C17H21N5O3/c1-2-13(23)11-18-16-19-15(12-4-3-5-14(24)10-12)20-17(21-16)22-6-8-25-9-7-22/h3-5,10,24H,2,6-9,11H2,1H3,(H,18,19,20,21). The van der Waals surface area contributed by atoms with Crippen LogP contribution >= 0.6 is 0 Å². The SMILES string of the molecule is CCC(=O)CNc1nc(-c2cccc(O)c2)nc(N2CCOCC2)n1. The Morgan fingerprint density at radius 2 is 2.08 bits per heavy atom. The molecule has 2 aromatic rings. The minimum Gasteiger partial charge on any atom is -0.508 e. The van der Waals surface area contributed by atoms with E-state index in [0.717, 1.165) is 0 Å². The van der Waals surface area contributed by atoms with Gasteiger partial charge in [0.05, 0.1) is 19.8 Å². The summed E-state index contributed by atoms with van der Waals surface area (Å²) in [5, 5.41) is 12.7. The van der Waals surface area contributed by atoms with E-state index in [1.165, 1.54) is 0 Å². The number of Topliss-reactive ketones (excluding diaryl/α,β-unsaturated/α-hetero) is 1. The lowest BCUT2D eigenvalue weighted by atomic mass is 10.2. The number of aromatic nitrogens is 3. The van der Waals surface area contributed by atoms with Crippen LogP contribution in [0, 0.1) is 0 Å². The summed E-state index contributed by atoms with van der Waals surface area (Å²) in [6, 6.07) is 6.74. The van der Waals surface area contributed by atoms with Gasteiger partial charge in [0.25, 0.3) is 0 Å². The van der Waals surface area contributed by atoms with Gasteiger partial charge in [-0.15, -0.1) is 0 Å². The Balaban J connectivity index is 1.93. The molecule has 3 rings (SSSR count). The Kier molecular flexibility index (Phi) is 5.39. The number of hydrogen-bond acceptors (Lipinski definition) is 8. The molecular weight excluding hydrogens is 322 g/mol. The lowest BCUT2D eigenvalue weighted by Gasteiger charge is -2.27. The summed E-state index contributed by atoms with van der Waals surface area (Å²) >= 11 is 0. The van der Waals surface area contributed by atoms with E-state index in [9.17, 15) is 9.90 Å². The average Bonchev–Trinajstić information content (AvgIpc) is 2.66. The minimum absolute atomic E-state index is 0.0761. The summed E-state index contributed by atoms with van der Waals surface area (Å²) in [6.45, 7) is 4.60. The number of morpholine rings is 1. The van der Waals surface area contributed by atoms with Crippen molar-refractivity contribution in [2.24, 2.45) is 0 Å². The van der Waals surface area contributed by atoms with Crippen molar-refractivity contribution < 1.29 is 14.6 Å². The molecule has 0 unspecified atom stereocenters. The molecule has 1 aromatic heterocycles. The van der Waals surface area contributed by atoms with E-state index in [2.05, 4.69) is 20.3 Å². The predicted molar refractivity (Wildman–Crippen MR) is 93.7 cm³/mol. The van der Waals surface area contributed by atoms with Crippen molar-refractivity contribution in [2.75, 3.05) is 43.1 Å². The van der Waals surface area contributed by atoms with Crippen molar-refractivity contribution in [1.29, 1.82) is 0 Å². The minimum atomic E-state index is 0.0761. The molecule has 8 heteroatoms. The van der Waals surface area contributed by atoms with Crippen LogP contribution in [0.25, 0.3) is 11.4 Å². The molecule has 2 heterocycles. The summed E-state index contributed by atoms with van der Waals surface area (Å²) in [5.41, 5.74) is 0.682. The highest BCUT2D eigenvalue weighted by Crippen LogP contribution is 2.23. The number of aromatic hydroxyl groups is 1. The first-order valence-electron chi connectivity index (χ1n) is 8.29. The molecule has 1 aliphatic heterocycles. The highest BCUT2D eigenvalue weighted by molar-refractivity contribution is 5.82. The zero-order chi connectivity index (χ0) is 17.6. The molecule has 0 bridgehead atoms. The van der Waals surface area contributed by atoms with Gasteiger partial charge in [0.2, 0.25) is 11.9 Å². The first kappa shape index (κ1) is 17.1. The Hall–Kier alpha value is -2.74. The molecule has 0 saturated carbocycles. The number of ether oxygens (including phenoxy) is 1. The van der Waals surface area contributed by atoms with Gasteiger partial charge in [-0.1, -0.05) is 19.1 Å². The number of carbonyl (C=O) groups is 1. The fraction of sp³-hybridized carbons (Fsp3) is 0.412. The van der Waals surface area contributed by atoms with Crippen molar-refractivity contribution >= 4 is 17.7 Å². The second-order valence-corrected chi connectivity index (χ2v) is 5.68. The fourth-order valence-corrected chi connectivity index (χ4v) is 2.43. The van der Waals surface area contributed by atoms with Crippen LogP contribution in [-0.2, 0) is 9.53 Å². The predicted octanol–water partition coefficient (Wildman–Crippen LogP) is 1.47. The van der Waals surface area contributed by atoms with Crippen molar-refractivity contribution in [1.82, 2.24) is 15.0 Å². The van der Waals surface area contributed by atoms with E-state index in [1.807, 2.05) is 17.9 Å². The fourth-order valence-electron chi connectivity index (χ4n) is 2.43. The molecule has 0 spiro atoms. The number of benzene rings is 1. The number of nitrogens with zero attached hydrogens (tertiary/aromatic N) is 4. The van der Waals surface area contributed by atoms with E-state index in [-0.39, 0.29) is 18.1 Å². The Bertz CT molecular complexity index is 747. The Morgan fingerprint density at radius 3 is 2.80 bits per heavy atom. The molecule has 0 aliphatic carbocycles. The molecule has 0 amide bonds. The molecule has 8 nitrogen and oxygen atoms in total. The number of carbonyl (C=O) groups excluding carboxylic acids is 1. The lowest BCUT2D eigenvalue weighted by molar-refractivity contribution is -0.117. The van der Waals surface area contributed by atoms with E-state index >= 15 is 0 Å². The molecule has 0 atom stereocenters. The summed E-state index contributed by atoms with van der Waals surface area (Å²) < 4.78 is 5.37. The molecule has 1 fully saturated rings. The van der Waals surface area contributed by atoms with Gasteiger partial charge in [-0.2, -0.15) is 15.0 Å². The molecular formula is C17H21N5O3. The van der Waals surface area contributed by atoms with Crippen molar-refractivity contribution in [3.8, 4) is 17.1 Å². The summed E-state index contributed by atoms with van der Waals surface area (Å²) in [7, 11) is 0. The van der Waals surface area contributed by atoms with Gasteiger partial charge < -0.3 is 20.1 Å². The van der Waals surface area contributed by atoms with Crippen molar-refractivity contribution in [3.05, 3.63) is 24.3 Å². The van der Waals surface area contributed by atoms with Gasteiger partial charge >= 0.3 is 0 Å². The van der Waals surface area contributed by atoms with Crippen molar-refractivity contribution in [3.63, 3.8) is 0 Å². The van der Waals surface area contributed by atoms with Crippen LogP contribution < -0.4 is 10.2 Å². The third-order valence-electron chi connectivity index (χ3n) is 3.86. The summed E-state index contributed by atoms with van der Waals surface area (Å²) in [5.74, 6) is 1.53. The van der Waals surface area contributed by atoms with Gasteiger partial charge in [0.15, 0.2) is 11.6 Å². The quantitative estimate of drug-likeness (QED) is 0.813. The molecule has 25 heavy (non-hydrogen) atoms. The number of ketones is 1. The second-order valence-electron chi connectivity index (χ2n) is 5.68. The van der Waals surface area contributed by atoms with Gasteiger partial charge in [0, 0.05) is 25.1 Å². The third-order valence-corrected chi connectivity index (χ3v) is 3.86. The van der Waals surface area contributed by atoms with Gasteiger partial charge in [-0.3, -0.25) is 4.79 Å². The zero-order valence-electron chi connectivity index (χ0n) is 14.1. The van der Waals surface area contributed by atoms with Crippen LogP contribution in [-0.4, -0.2) is 58.7 Å². The monoisotopic (exact) mass is 343 g/mol. The highest BCUT2D eigenvalue weighted by Gasteiger charge is 2.17. The van der Waals surface area contributed by atoms with Crippen LogP contribution in [0.1, 0.15) is 13.3 Å². The molecule has 1 aliphatic rings. The maximum absolute atomic E-state index is 11.6. The van der Waals surface area contributed by atoms with Gasteiger partial charge in [-0.25, -0.2) is 0 Å². The Labute approximate surface area is 145 Å². The number of anilines is 2. The summed E-state index contributed by atoms with van der Waals surface area (Å²) in [4.78, 5) is 26.9. The molecule has 0 radical (unpaired) electrons. The van der Waals surface area contributed by atoms with E-state index in [1.54, 1.807) is 18.2 Å². The molecule has 1 aromatic carbocycles. The first-order valence-corrected chi connectivity index (χ1v) is 8.29. The zero-order valence-corrected chi connectivity index (χ0v) is 14.1. The number of phenolic OH excluding ortho intramolecular Hbond substituents is 1. The smallest absolute Gasteiger partial charge is 0.230 e. The molecule has 1 saturated heterocycles. The van der Waals surface area contributed by atoms with Gasteiger partial charge in [-0.05, 0) is 12.1 Å². The second kappa shape index (κ2) is 7.89. The lowest BCUT2D eigenvalue weighted by Crippen LogP contribution is -2.37. The number of phenols is 1. The highest BCUT2D eigenvalue weighted by atomic mass is 16.5. The van der Waals surface area contributed by atoms with Crippen LogP contribution in [0.2, 0.25) is 0 Å². The van der Waals surface area contributed by atoms with E-state index in [4.69, 9.17) is 4.74 Å². The van der Waals surface area contributed by atoms with Crippen LogP contribution in [0.3, 0.4) is 0 Å². The molecule has 2 N–H and O–H groups in total.